The van der Waals surface area contributed by atoms with Gasteiger partial charge in [0.2, 0.25) is 0 Å². The average molecular weight is 407 g/mol. The van der Waals surface area contributed by atoms with Gasteiger partial charge in [-0.05, 0) is 36.8 Å². The predicted octanol–water partition coefficient (Wildman–Crippen LogP) is 3.56. The van der Waals surface area contributed by atoms with Gasteiger partial charge in [0.1, 0.15) is 11.5 Å². The van der Waals surface area contributed by atoms with Crippen LogP contribution in [-0.4, -0.2) is 33.4 Å². The Morgan fingerprint density at radius 2 is 2.00 bits per heavy atom. The zero-order chi connectivity index (χ0) is 20.4. The number of thiazole rings is 1. The van der Waals surface area contributed by atoms with Crippen molar-refractivity contribution in [2.45, 2.75) is 13.0 Å². The molecule has 0 bridgehead atoms. The molecule has 29 heavy (non-hydrogen) atoms. The van der Waals surface area contributed by atoms with E-state index in [0.29, 0.717) is 28.6 Å². The predicted molar refractivity (Wildman–Crippen MR) is 109 cm³/mol. The number of aliphatic hydroxyl groups is 1. The van der Waals surface area contributed by atoms with E-state index in [1.807, 2.05) is 6.92 Å². The summed E-state index contributed by atoms with van der Waals surface area (Å²) in [7, 11) is 0. The molecule has 7 nitrogen and oxygen atoms in total. The summed E-state index contributed by atoms with van der Waals surface area (Å²) in [5, 5.41) is 13.2. The SMILES string of the molecule is CCOc1cccc(/C(O)=C2\C(=O)C(=O)N(c3nccs3)C2c2ccncc2)c1. The second-order valence-electron chi connectivity index (χ2n) is 6.23. The van der Waals surface area contributed by atoms with E-state index in [-0.39, 0.29) is 11.3 Å². The van der Waals surface area contributed by atoms with E-state index in [9.17, 15) is 14.7 Å². The third-order valence-corrected chi connectivity index (χ3v) is 5.28. The second-order valence-corrected chi connectivity index (χ2v) is 7.10. The first kappa shape index (κ1) is 18.8. The van der Waals surface area contributed by atoms with Crippen molar-refractivity contribution in [2.24, 2.45) is 0 Å². The maximum absolute atomic E-state index is 12.9. The van der Waals surface area contributed by atoms with Crippen molar-refractivity contribution in [1.29, 1.82) is 0 Å². The van der Waals surface area contributed by atoms with Gasteiger partial charge in [-0.1, -0.05) is 12.1 Å². The third kappa shape index (κ3) is 3.38. The number of pyridine rings is 1. The van der Waals surface area contributed by atoms with Crippen molar-refractivity contribution in [3.63, 3.8) is 0 Å². The van der Waals surface area contributed by atoms with E-state index in [4.69, 9.17) is 4.74 Å². The summed E-state index contributed by atoms with van der Waals surface area (Å²) in [6, 6.07) is 9.40. The maximum Gasteiger partial charge on any atom is 0.301 e. The number of aliphatic hydroxyl groups excluding tert-OH is 1. The number of benzene rings is 1. The van der Waals surface area contributed by atoms with E-state index in [0.717, 1.165) is 0 Å². The van der Waals surface area contributed by atoms with Gasteiger partial charge in [0.15, 0.2) is 5.13 Å². The van der Waals surface area contributed by atoms with Gasteiger partial charge in [0, 0.05) is 29.5 Å². The van der Waals surface area contributed by atoms with Crippen LogP contribution in [0.15, 0.2) is 65.9 Å². The maximum atomic E-state index is 12.9. The van der Waals surface area contributed by atoms with Crippen molar-refractivity contribution < 1.29 is 19.4 Å². The summed E-state index contributed by atoms with van der Waals surface area (Å²) in [4.78, 5) is 35.3. The lowest BCUT2D eigenvalue weighted by atomic mass is 9.96. The highest BCUT2D eigenvalue weighted by atomic mass is 32.1. The Morgan fingerprint density at radius 3 is 2.69 bits per heavy atom. The van der Waals surface area contributed by atoms with Gasteiger partial charge >= 0.3 is 5.91 Å². The fourth-order valence-corrected chi connectivity index (χ4v) is 3.95. The zero-order valence-corrected chi connectivity index (χ0v) is 16.3. The van der Waals surface area contributed by atoms with Crippen molar-refractivity contribution in [2.75, 3.05) is 11.5 Å². The number of ether oxygens (including phenoxy) is 1. The number of rotatable bonds is 5. The number of carbonyl (C=O) groups excluding carboxylic acids is 2. The Balaban J connectivity index is 1.90. The van der Waals surface area contributed by atoms with Gasteiger partial charge < -0.3 is 9.84 Å². The van der Waals surface area contributed by atoms with Crippen molar-refractivity contribution >= 4 is 33.9 Å². The largest absolute Gasteiger partial charge is 0.507 e. The van der Waals surface area contributed by atoms with Gasteiger partial charge in [0.25, 0.3) is 5.78 Å². The van der Waals surface area contributed by atoms with Gasteiger partial charge in [-0.2, -0.15) is 0 Å². The zero-order valence-electron chi connectivity index (χ0n) is 15.5. The minimum absolute atomic E-state index is 0.00467. The Labute approximate surface area is 170 Å². The molecule has 3 heterocycles. The molecule has 1 aliphatic heterocycles. The Bertz CT molecular complexity index is 1080. The van der Waals surface area contributed by atoms with Crippen LogP contribution in [0.5, 0.6) is 5.75 Å². The van der Waals surface area contributed by atoms with Crippen LogP contribution >= 0.6 is 11.3 Å². The molecule has 1 atom stereocenters. The first-order chi connectivity index (χ1) is 14.1. The first-order valence-electron chi connectivity index (χ1n) is 8.95. The Kier molecular flexibility index (Phi) is 5.09. The molecule has 4 rings (SSSR count). The van der Waals surface area contributed by atoms with Crippen LogP contribution in [0.3, 0.4) is 0 Å². The smallest absolute Gasteiger partial charge is 0.301 e. The van der Waals surface area contributed by atoms with Gasteiger partial charge in [-0.15, -0.1) is 11.3 Å². The molecule has 0 aliphatic carbocycles. The minimum Gasteiger partial charge on any atom is -0.507 e. The molecule has 1 aliphatic rings. The molecule has 1 unspecified atom stereocenters. The van der Waals surface area contributed by atoms with Crippen LogP contribution in [0.2, 0.25) is 0 Å². The first-order valence-corrected chi connectivity index (χ1v) is 9.83. The summed E-state index contributed by atoms with van der Waals surface area (Å²) >= 11 is 1.24. The molecule has 146 valence electrons. The quantitative estimate of drug-likeness (QED) is 0.395. The van der Waals surface area contributed by atoms with Crippen LogP contribution in [0.4, 0.5) is 5.13 Å². The average Bonchev–Trinajstić information content (AvgIpc) is 3.36. The number of hydrogen-bond donors (Lipinski definition) is 1. The van der Waals surface area contributed by atoms with Gasteiger partial charge in [-0.3, -0.25) is 19.5 Å². The number of carbonyl (C=O) groups is 2. The highest BCUT2D eigenvalue weighted by Gasteiger charge is 2.47. The monoisotopic (exact) mass is 407 g/mol. The number of ketones is 1. The summed E-state index contributed by atoms with van der Waals surface area (Å²) in [5.41, 5.74) is 1.05. The molecule has 0 radical (unpaired) electrons. The molecule has 3 aromatic rings. The van der Waals surface area contributed by atoms with Crippen molar-refractivity contribution in [1.82, 2.24) is 9.97 Å². The Hall–Kier alpha value is -3.52. The Morgan fingerprint density at radius 1 is 1.21 bits per heavy atom. The molecule has 1 amide bonds. The summed E-state index contributed by atoms with van der Waals surface area (Å²) in [5.74, 6) is -1.19. The lowest BCUT2D eigenvalue weighted by Gasteiger charge is -2.22. The fourth-order valence-electron chi connectivity index (χ4n) is 3.28. The summed E-state index contributed by atoms with van der Waals surface area (Å²) in [6.07, 6.45) is 4.72. The van der Waals surface area contributed by atoms with Crippen LogP contribution in [0.25, 0.3) is 5.76 Å². The lowest BCUT2D eigenvalue weighted by Crippen LogP contribution is -2.29. The molecule has 1 saturated heterocycles. The number of aromatic nitrogens is 2. The molecule has 0 spiro atoms. The van der Waals surface area contributed by atoms with Crippen LogP contribution in [-0.2, 0) is 9.59 Å². The topological polar surface area (TPSA) is 92.6 Å². The number of hydrogen-bond acceptors (Lipinski definition) is 7. The third-order valence-electron chi connectivity index (χ3n) is 4.51. The molecule has 2 aromatic heterocycles. The standard InChI is InChI=1S/C21H17N3O4S/c1-2-28-15-5-3-4-14(12-15)18(25)16-17(13-6-8-22-9-7-13)24(20(27)19(16)26)21-23-10-11-29-21/h3-12,17,25H,2H2,1H3/b18-16+. The number of Topliss-reactive ketones (excluding diaryl/α,β-unsaturated/α-hetero) is 1. The molecule has 1 fully saturated rings. The molecular formula is C21H17N3O4S. The molecular weight excluding hydrogens is 390 g/mol. The van der Waals surface area contributed by atoms with E-state index in [1.165, 1.54) is 16.2 Å². The van der Waals surface area contributed by atoms with E-state index in [2.05, 4.69) is 9.97 Å². The molecule has 1 N–H and O–H groups in total. The normalized spacial score (nSPS) is 18.2. The molecule has 8 heteroatoms. The van der Waals surface area contributed by atoms with Crippen molar-refractivity contribution in [3.8, 4) is 5.75 Å². The molecule has 1 aromatic carbocycles. The fraction of sp³-hybridized carbons (Fsp3) is 0.143. The van der Waals surface area contributed by atoms with Crippen LogP contribution < -0.4 is 9.64 Å². The van der Waals surface area contributed by atoms with Gasteiger partial charge in [-0.25, -0.2) is 4.98 Å². The van der Waals surface area contributed by atoms with Crippen LogP contribution in [0, 0.1) is 0 Å². The van der Waals surface area contributed by atoms with E-state index >= 15 is 0 Å². The van der Waals surface area contributed by atoms with Crippen molar-refractivity contribution in [3.05, 3.63) is 77.1 Å². The van der Waals surface area contributed by atoms with Crippen LogP contribution in [0.1, 0.15) is 24.1 Å². The highest BCUT2D eigenvalue weighted by molar-refractivity contribution is 7.14. The number of anilines is 1. The van der Waals surface area contributed by atoms with E-state index < -0.39 is 17.7 Å². The summed E-state index contributed by atoms with van der Waals surface area (Å²) < 4.78 is 5.49. The highest BCUT2D eigenvalue weighted by Crippen LogP contribution is 2.42. The molecule has 0 saturated carbocycles. The minimum atomic E-state index is -0.806. The summed E-state index contributed by atoms with van der Waals surface area (Å²) in [6.45, 7) is 2.32. The van der Waals surface area contributed by atoms with Gasteiger partial charge in [0.05, 0.1) is 18.2 Å². The number of nitrogens with zero attached hydrogens (tertiary/aromatic N) is 3. The lowest BCUT2D eigenvalue weighted by molar-refractivity contribution is -0.132. The second kappa shape index (κ2) is 7.84. The number of amides is 1. The van der Waals surface area contributed by atoms with E-state index in [1.54, 1.807) is 60.4 Å².